The predicted octanol–water partition coefficient (Wildman–Crippen LogP) is 8.74. The Kier molecular flexibility index (Phi) is 16.5. The Morgan fingerprint density at radius 1 is 0.667 bits per heavy atom. The van der Waals surface area contributed by atoms with E-state index in [2.05, 4.69) is 64.1 Å². The molecule has 254 valence electrons. The number of hydrogen-bond acceptors (Lipinski definition) is 4. The van der Waals surface area contributed by atoms with Gasteiger partial charge >= 0.3 is 0 Å². The molecule has 2 unspecified atom stereocenters. The zero-order chi connectivity index (χ0) is 32.8. The molecule has 2 atom stereocenters. The van der Waals surface area contributed by atoms with E-state index in [4.69, 9.17) is 18.9 Å². The monoisotopic (exact) mass is 658 g/mol. The smallest absolute Gasteiger partial charge is 0.282 e. The number of halogens is 1. The second-order valence-electron chi connectivity index (χ2n) is 14.4. The molecule has 4 nitrogen and oxygen atoms in total. The van der Waals surface area contributed by atoms with Crippen molar-refractivity contribution in [3.8, 4) is 0 Å². The highest BCUT2D eigenvalue weighted by Crippen LogP contribution is 2.33. The van der Waals surface area contributed by atoms with Crippen molar-refractivity contribution < 1.29 is 23.1 Å². The molecule has 0 N–H and O–H groups in total. The van der Waals surface area contributed by atoms with Crippen LogP contribution in [0.5, 0.6) is 0 Å². The molecule has 45 heavy (non-hydrogen) atoms. The van der Waals surface area contributed by atoms with E-state index in [9.17, 15) is 0 Å². The largest absolute Gasteiger partial charge is 0.353 e. The first-order valence-electron chi connectivity index (χ1n) is 17.9. The molecule has 2 fully saturated rings. The summed E-state index contributed by atoms with van der Waals surface area (Å²) >= 11 is 0. The maximum atomic E-state index is 15.5. The molecule has 2 aromatic rings. The van der Waals surface area contributed by atoms with Crippen LogP contribution in [0.15, 0.2) is 48.5 Å². The van der Waals surface area contributed by atoms with Crippen LogP contribution >= 0.6 is 0 Å². The van der Waals surface area contributed by atoms with Crippen molar-refractivity contribution in [2.45, 2.75) is 142 Å². The summed E-state index contributed by atoms with van der Waals surface area (Å²) in [5.74, 6) is 0. The number of rotatable bonds is 14. The molecular weight excluding hydrogens is 596 g/mol. The third kappa shape index (κ3) is 12.0. The quantitative estimate of drug-likeness (QED) is 0.150. The van der Waals surface area contributed by atoms with Crippen LogP contribution < -0.4 is 10.4 Å². The second kappa shape index (κ2) is 19.5. The lowest BCUT2D eigenvalue weighted by Crippen LogP contribution is -2.49. The highest BCUT2D eigenvalue weighted by Gasteiger charge is 2.43. The van der Waals surface area contributed by atoms with Crippen LogP contribution in [0.1, 0.15) is 105 Å². The summed E-state index contributed by atoms with van der Waals surface area (Å²) < 4.78 is 38.3. The van der Waals surface area contributed by atoms with E-state index < -0.39 is 17.2 Å². The highest BCUT2D eigenvalue weighted by molar-refractivity contribution is 6.88. The van der Waals surface area contributed by atoms with E-state index in [1.165, 1.54) is 30.4 Å². The van der Waals surface area contributed by atoms with E-state index in [0.29, 0.717) is 6.61 Å². The molecule has 2 aliphatic rings. The minimum absolute atomic E-state index is 0.0317. The fourth-order valence-electron chi connectivity index (χ4n) is 7.01. The van der Waals surface area contributed by atoms with E-state index >= 15 is 4.11 Å². The first-order valence-corrected chi connectivity index (χ1v) is 21.8. The van der Waals surface area contributed by atoms with Crippen molar-refractivity contribution in [3.05, 3.63) is 59.7 Å². The van der Waals surface area contributed by atoms with Crippen LogP contribution in [-0.4, -0.2) is 56.2 Å². The Bertz CT molecular complexity index is 1050. The summed E-state index contributed by atoms with van der Waals surface area (Å²) in [5.41, 5.74) is 4.41. The summed E-state index contributed by atoms with van der Waals surface area (Å²) in [5, 5.41) is 2.52. The zero-order valence-electron chi connectivity index (χ0n) is 29.7. The molecule has 2 aliphatic heterocycles. The van der Waals surface area contributed by atoms with Gasteiger partial charge in [0.1, 0.15) is 0 Å². The van der Waals surface area contributed by atoms with Gasteiger partial charge in [0.25, 0.3) is 8.41 Å². The van der Waals surface area contributed by atoms with Crippen molar-refractivity contribution in [1.82, 2.24) is 0 Å². The van der Waals surface area contributed by atoms with E-state index in [-0.39, 0.29) is 23.7 Å². The average molecular weight is 659 g/mol. The molecule has 7 heteroatoms. The molecule has 0 aromatic heterocycles. The van der Waals surface area contributed by atoms with Gasteiger partial charge < -0.3 is 23.1 Å². The Hall–Kier alpha value is -1.36. The molecule has 0 saturated carbocycles. The summed E-state index contributed by atoms with van der Waals surface area (Å²) in [6.45, 7) is 20.7. The number of hydrogen-bond donors (Lipinski definition) is 0. The van der Waals surface area contributed by atoms with Crippen molar-refractivity contribution in [3.63, 3.8) is 0 Å². The molecule has 0 aliphatic carbocycles. The summed E-state index contributed by atoms with van der Waals surface area (Å²) in [6.07, 6.45) is 8.62. The molecule has 2 heterocycles. The third-order valence-electron chi connectivity index (χ3n) is 9.54. The van der Waals surface area contributed by atoms with Gasteiger partial charge in [0.2, 0.25) is 0 Å². The molecule has 4 rings (SSSR count). The molecule has 0 bridgehead atoms. The first kappa shape index (κ1) is 38.1. The van der Waals surface area contributed by atoms with Crippen molar-refractivity contribution in [2.75, 3.05) is 26.4 Å². The second-order valence-corrected chi connectivity index (χ2v) is 23.2. The maximum Gasteiger partial charge on any atom is 0.282 e. The molecule has 0 radical (unpaired) electrons. The van der Waals surface area contributed by atoms with E-state index in [1.807, 2.05) is 39.8 Å². The van der Waals surface area contributed by atoms with Gasteiger partial charge in [0.15, 0.2) is 12.6 Å². The van der Waals surface area contributed by atoms with Crippen LogP contribution in [0.4, 0.5) is 4.11 Å². The molecule has 2 aromatic carbocycles. The SMILES string of the molecule is CC(C)[SiH](c1ccc(CCOC2CCCCO2)cc1)C(C)C.CC(C)[Si](F)(c1ccc(CCOC2CCCCO2)cc1)C(C)C. The normalized spacial score (nSPS) is 19.4. The molecule has 2 saturated heterocycles. The number of ether oxygens (including phenoxy) is 4. The summed E-state index contributed by atoms with van der Waals surface area (Å²) in [6, 6.07) is 17.4. The van der Waals surface area contributed by atoms with Crippen LogP contribution in [0.25, 0.3) is 0 Å². The van der Waals surface area contributed by atoms with Gasteiger partial charge in [-0.3, -0.25) is 0 Å². The van der Waals surface area contributed by atoms with Gasteiger partial charge in [-0.05, 0) is 89.8 Å². The van der Waals surface area contributed by atoms with Gasteiger partial charge in [0.05, 0.1) is 22.0 Å². The van der Waals surface area contributed by atoms with Crippen LogP contribution in [-0.2, 0) is 31.8 Å². The fourth-order valence-corrected chi connectivity index (χ4v) is 14.1. The zero-order valence-corrected chi connectivity index (χ0v) is 31.8. The predicted molar refractivity (Wildman–Crippen MR) is 193 cm³/mol. The van der Waals surface area contributed by atoms with E-state index in [1.54, 1.807) is 5.19 Å². The van der Waals surface area contributed by atoms with Gasteiger partial charge in [-0.15, -0.1) is 0 Å². The fraction of sp³-hybridized carbons (Fsp3) is 0.684. The minimum Gasteiger partial charge on any atom is -0.353 e. The lowest BCUT2D eigenvalue weighted by molar-refractivity contribution is -0.161. The van der Waals surface area contributed by atoms with Crippen LogP contribution in [0.2, 0.25) is 22.2 Å². The van der Waals surface area contributed by atoms with Crippen LogP contribution in [0, 0.1) is 0 Å². The lowest BCUT2D eigenvalue weighted by Gasteiger charge is -2.30. The maximum absolute atomic E-state index is 15.5. The Morgan fingerprint density at radius 3 is 1.44 bits per heavy atom. The topological polar surface area (TPSA) is 36.9 Å². The van der Waals surface area contributed by atoms with Gasteiger partial charge in [-0.25, -0.2) is 0 Å². The Balaban J connectivity index is 0.000000246. The lowest BCUT2D eigenvalue weighted by atomic mass is 10.1. The third-order valence-corrected chi connectivity index (χ3v) is 18.1. The molecule has 0 amide bonds. The Morgan fingerprint density at radius 2 is 1.09 bits per heavy atom. The minimum atomic E-state index is -2.91. The first-order chi connectivity index (χ1) is 21.5. The average Bonchev–Trinajstić information content (AvgIpc) is 3.02. The van der Waals surface area contributed by atoms with Crippen molar-refractivity contribution >= 4 is 27.6 Å². The van der Waals surface area contributed by atoms with E-state index in [0.717, 1.165) is 68.2 Å². The van der Waals surface area contributed by atoms with Gasteiger partial charge in [-0.1, -0.05) is 109 Å². The summed E-state index contributed by atoms with van der Waals surface area (Å²) in [7, 11) is -3.77. The van der Waals surface area contributed by atoms with Gasteiger partial charge in [-0.2, -0.15) is 0 Å². The molecular formula is C38H63FO4Si2. The van der Waals surface area contributed by atoms with Crippen molar-refractivity contribution in [1.29, 1.82) is 0 Å². The van der Waals surface area contributed by atoms with Gasteiger partial charge in [0, 0.05) is 13.2 Å². The van der Waals surface area contributed by atoms with Crippen molar-refractivity contribution in [2.24, 2.45) is 0 Å². The standard InChI is InChI=1S/C19H31FO2Si.C19H32O2Si/c1-15(2)23(20,16(3)4)18-10-8-17(9-11-18)12-14-22-19-7-5-6-13-21-19;1-15(2)22(16(3)4)18-10-8-17(9-11-18)12-14-21-19-7-5-6-13-20-19/h8-11,15-16,19H,5-7,12-14H2,1-4H3;8-11,15-16,19,22H,5-7,12-14H2,1-4H3. The van der Waals surface area contributed by atoms with Crippen LogP contribution in [0.3, 0.4) is 0 Å². The highest BCUT2D eigenvalue weighted by atomic mass is 28.4. The number of benzene rings is 2. The Labute approximate surface area is 277 Å². The summed E-state index contributed by atoms with van der Waals surface area (Å²) in [4.78, 5) is 0. The molecule has 0 spiro atoms.